The van der Waals surface area contributed by atoms with Gasteiger partial charge in [0, 0.05) is 5.56 Å². The summed E-state index contributed by atoms with van der Waals surface area (Å²) in [5.74, 6) is 0.0425. The second-order valence-electron chi connectivity index (χ2n) is 6.02. The molecule has 2 N–H and O–H groups in total. The minimum Gasteiger partial charge on any atom is -0.497 e. The molecule has 148 valence electrons. The summed E-state index contributed by atoms with van der Waals surface area (Å²) in [7, 11) is 1.59. The van der Waals surface area contributed by atoms with Gasteiger partial charge in [0.1, 0.15) is 17.6 Å². The quantitative estimate of drug-likeness (QED) is 0.499. The number of benzene rings is 2. The fraction of sp³-hybridized carbons (Fsp3) is 0.158. The number of fused-ring (bicyclic) bond motifs is 1. The molecule has 0 spiro atoms. The normalized spacial score (nSPS) is 12.1. The molecular formula is C19H15FN4O4S. The van der Waals surface area contributed by atoms with E-state index in [-0.39, 0.29) is 17.3 Å². The van der Waals surface area contributed by atoms with E-state index in [4.69, 9.17) is 9.26 Å². The highest BCUT2D eigenvalue weighted by atomic mass is 32.1. The minimum atomic E-state index is -0.914. The Bertz CT molecular complexity index is 1160. The summed E-state index contributed by atoms with van der Waals surface area (Å²) in [5, 5.41) is 16.7. The van der Waals surface area contributed by atoms with Crippen molar-refractivity contribution in [3.05, 3.63) is 59.7 Å². The Morgan fingerprint density at radius 2 is 2.07 bits per heavy atom. The van der Waals surface area contributed by atoms with Gasteiger partial charge >= 0.3 is 0 Å². The Labute approximate surface area is 168 Å². The lowest BCUT2D eigenvalue weighted by molar-refractivity contribution is 0.0901. The monoisotopic (exact) mass is 414 g/mol. The SMILES string of the molecule is COc1ccc2nc(-c3noc(C(CO)NC(=O)c4ccc(F)cc4)n3)sc2c1. The second-order valence-corrected chi connectivity index (χ2v) is 7.06. The van der Waals surface area contributed by atoms with Gasteiger partial charge in [0.25, 0.3) is 11.8 Å². The first-order valence-corrected chi connectivity index (χ1v) is 9.35. The van der Waals surface area contributed by atoms with Crippen LogP contribution in [-0.4, -0.2) is 39.9 Å². The van der Waals surface area contributed by atoms with Gasteiger partial charge in [0.15, 0.2) is 5.01 Å². The fourth-order valence-electron chi connectivity index (χ4n) is 2.62. The molecule has 1 amide bonds. The van der Waals surface area contributed by atoms with Crippen LogP contribution < -0.4 is 10.1 Å². The molecule has 2 aromatic carbocycles. The van der Waals surface area contributed by atoms with Crippen molar-refractivity contribution in [2.45, 2.75) is 6.04 Å². The van der Waals surface area contributed by atoms with Crippen molar-refractivity contribution in [3.8, 4) is 16.6 Å². The summed E-state index contributed by atoms with van der Waals surface area (Å²) in [5.41, 5.74) is 1.00. The summed E-state index contributed by atoms with van der Waals surface area (Å²) in [6.45, 7) is -0.453. The van der Waals surface area contributed by atoms with Gasteiger partial charge in [-0.1, -0.05) is 5.16 Å². The Morgan fingerprint density at radius 3 is 2.79 bits per heavy atom. The first kappa shape index (κ1) is 19.0. The van der Waals surface area contributed by atoms with Crippen molar-refractivity contribution in [3.63, 3.8) is 0 Å². The van der Waals surface area contributed by atoms with Gasteiger partial charge in [-0.05, 0) is 42.5 Å². The van der Waals surface area contributed by atoms with E-state index in [1.807, 2.05) is 12.1 Å². The van der Waals surface area contributed by atoms with Crippen LogP contribution in [-0.2, 0) is 0 Å². The van der Waals surface area contributed by atoms with Crippen LogP contribution in [0.3, 0.4) is 0 Å². The first-order chi connectivity index (χ1) is 14.1. The molecule has 0 aliphatic heterocycles. The summed E-state index contributed by atoms with van der Waals surface area (Å²) in [6.07, 6.45) is 0. The lowest BCUT2D eigenvalue weighted by atomic mass is 10.2. The molecule has 29 heavy (non-hydrogen) atoms. The number of amides is 1. The minimum absolute atomic E-state index is 0.0369. The highest BCUT2D eigenvalue weighted by Gasteiger charge is 2.23. The van der Waals surface area contributed by atoms with E-state index in [0.717, 1.165) is 10.2 Å². The van der Waals surface area contributed by atoms with Crippen molar-refractivity contribution in [1.82, 2.24) is 20.4 Å². The van der Waals surface area contributed by atoms with E-state index in [9.17, 15) is 14.3 Å². The van der Waals surface area contributed by atoms with Crippen LogP contribution in [0.2, 0.25) is 0 Å². The number of halogens is 1. The largest absolute Gasteiger partial charge is 0.497 e. The number of aliphatic hydroxyl groups excluding tert-OH is 1. The number of aliphatic hydroxyl groups is 1. The number of hydrogen-bond acceptors (Lipinski definition) is 8. The lowest BCUT2D eigenvalue weighted by Crippen LogP contribution is -2.31. The number of methoxy groups -OCH3 is 1. The topological polar surface area (TPSA) is 110 Å². The van der Waals surface area contributed by atoms with Crippen LogP contribution in [0.25, 0.3) is 21.0 Å². The van der Waals surface area contributed by atoms with E-state index in [0.29, 0.717) is 10.8 Å². The molecule has 1 unspecified atom stereocenters. The van der Waals surface area contributed by atoms with Gasteiger partial charge < -0.3 is 19.7 Å². The molecule has 4 rings (SSSR count). The van der Waals surface area contributed by atoms with Gasteiger partial charge in [-0.15, -0.1) is 11.3 Å². The number of rotatable bonds is 6. The Hall–Kier alpha value is -3.37. The Balaban J connectivity index is 1.55. The maximum Gasteiger partial charge on any atom is 0.252 e. The third kappa shape index (κ3) is 3.93. The van der Waals surface area contributed by atoms with E-state index in [1.54, 1.807) is 13.2 Å². The third-order valence-corrected chi connectivity index (χ3v) is 5.14. The molecule has 8 nitrogen and oxygen atoms in total. The highest BCUT2D eigenvalue weighted by Crippen LogP contribution is 2.31. The molecule has 2 aromatic heterocycles. The lowest BCUT2D eigenvalue weighted by Gasteiger charge is -2.12. The van der Waals surface area contributed by atoms with Crippen molar-refractivity contribution >= 4 is 27.5 Å². The fourth-order valence-corrected chi connectivity index (χ4v) is 3.54. The molecule has 0 bridgehead atoms. The van der Waals surface area contributed by atoms with Gasteiger partial charge in [-0.2, -0.15) is 4.98 Å². The van der Waals surface area contributed by atoms with E-state index >= 15 is 0 Å². The molecule has 0 radical (unpaired) electrons. The maximum atomic E-state index is 13.0. The molecular weight excluding hydrogens is 399 g/mol. The molecule has 0 saturated carbocycles. The van der Waals surface area contributed by atoms with Gasteiger partial charge in [0.05, 0.1) is 23.9 Å². The zero-order valence-corrected chi connectivity index (χ0v) is 15.9. The number of carbonyl (C=O) groups excluding carboxylic acids is 1. The molecule has 1 atom stereocenters. The van der Waals surface area contributed by atoms with Crippen molar-refractivity contribution in [2.75, 3.05) is 13.7 Å². The average molecular weight is 414 g/mol. The van der Waals surface area contributed by atoms with Crippen LogP contribution in [0.5, 0.6) is 5.75 Å². The molecule has 0 fully saturated rings. The molecule has 0 aliphatic carbocycles. The number of carbonyl (C=O) groups is 1. The molecule has 4 aromatic rings. The van der Waals surface area contributed by atoms with Crippen molar-refractivity contribution < 1.29 is 23.6 Å². The first-order valence-electron chi connectivity index (χ1n) is 8.53. The van der Waals surface area contributed by atoms with Gasteiger partial charge in [-0.3, -0.25) is 4.79 Å². The van der Waals surface area contributed by atoms with Crippen LogP contribution in [0.15, 0.2) is 47.0 Å². The third-order valence-electron chi connectivity index (χ3n) is 4.12. The van der Waals surface area contributed by atoms with E-state index < -0.39 is 24.4 Å². The number of ether oxygens (including phenoxy) is 1. The second kappa shape index (κ2) is 7.94. The predicted octanol–water partition coefficient (Wildman–Crippen LogP) is 2.96. The molecule has 2 heterocycles. The summed E-state index contributed by atoms with van der Waals surface area (Å²) in [4.78, 5) is 21.0. The smallest absolute Gasteiger partial charge is 0.252 e. The number of nitrogens with zero attached hydrogens (tertiary/aromatic N) is 3. The molecule has 0 aliphatic rings. The van der Waals surface area contributed by atoms with E-state index in [2.05, 4.69) is 20.4 Å². The standard InChI is InChI=1S/C19H15FN4O4S/c1-27-12-6-7-13-15(8-12)29-19(22-13)16-23-18(28-24-16)14(9-25)21-17(26)10-2-4-11(20)5-3-10/h2-8,14,25H,9H2,1H3,(H,21,26). The van der Waals surface area contributed by atoms with Gasteiger partial charge in [0.2, 0.25) is 5.82 Å². The maximum absolute atomic E-state index is 13.0. The number of thiazole rings is 1. The van der Waals surface area contributed by atoms with Crippen LogP contribution >= 0.6 is 11.3 Å². The van der Waals surface area contributed by atoms with E-state index in [1.165, 1.54) is 35.6 Å². The van der Waals surface area contributed by atoms with Gasteiger partial charge in [-0.25, -0.2) is 9.37 Å². The zero-order chi connectivity index (χ0) is 20.4. The summed E-state index contributed by atoms with van der Waals surface area (Å²) in [6, 6.07) is 9.61. The van der Waals surface area contributed by atoms with Crippen molar-refractivity contribution in [1.29, 1.82) is 0 Å². The highest BCUT2D eigenvalue weighted by molar-refractivity contribution is 7.21. The number of hydrogen-bond donors (Lipinski definition) is 2. The zero-order valence-electron chi connectivity index (χ0n) is 15.1. The van der Waals surface area contributed by atoms with Crippen molar-refractivity contribution in [2.24, 2.45) is 0 Å². The Morgan fingerprint density at radius 1 is 1.28 bits per heavy atom. The molecule has 0 saturated heterocycles. The van der Waals surface area contributed by atoms with Crippen LogP contribution in [0, 0.1) is 5.82 Å². The Kier molecular flexibility index (Phi) is 5.19. The molecule has 10 heteroatoms. The number of nitrogens with one attached hydrogen (secondary N) is 1. The van der Waals surface area contributed by atoms with Crippen LogP contribution in [0.4, 0.5) is 4.39 Å². The predicted molar refractivity (Wildman–Crippen MR) is 103 cm³/mol. The number of aromatic nitrogens is 3. The van der Waals surface area contributed by atoms with Crippen LogP contribution in [0.1, 0.15) is 22.3 Å². The summed E-state index contributed by atoms with van der Waals surface area (Å²) < 4.78 is 24.3. The average Bonchev–Trinajstić information content (AvgIpc) is 3.38. The summed E-state index contributed by atoms with van der Waals surface area (Å²) >= 11 is 1.36.